The second-order valence-electron chi connectivity index (χ2n) is 2.73. The molecule has 1 amide bonds. The van der Waals surface area contributed by atoms with Gasteiger partial charge in [-0.15, -0.1) is 0 Å². The van der Waals surface area contributed by atoms with Gasteiger partial charge in [0, 0.05) is 6.92 Å². The Morgan fingerprint density at radius 2 is 1.93 bits per heavy atom. The van der Waals surface area contributed by atoms with E-state index < -0.39 is 6.16 Å². The van der Waals surface area contributed by atoms with Crippen LogP contribution in [0.3, 0.4) is 0 Å². The molecule has 0 heterocycles. The quantitative estimate of drug-likeness (QED) is 0.595. The maximum atomic E-state index is 10.9. The minimum Gasteiger partial charge on any atom is -0.437 e. The van der Waals surface area contributed by atoms with Gasteiger partial charge in [-0.05, 0) is 12.1 Å². The number of methoxy groups -OCH3 is 1. The molecule has 1 N–H and O–H groups in total. The molecule has 0 unspecified atom stereocenters. The minimum absolute atomic E-state index is 0.240. The molecule has 0 atom stereocenters. The lowest BCUT2D eigenvalue weighted by Crippen LogP contribution is -2.11. The molecule has 0 saturated heterocycles. The predicted molar refractivity (Wildman–Crippen MR) is 53.8 cm³/mol. The number of carbonyl (C=O) groups excluding carboxylic acids is 2. The molecule has 5 heteroatoms. The normalized spacial score (nSPS) is 9.20. The van der Waals surface area contributed by atoms with Gasteiger partial charge in [-0.25, -0.2) is 4.79 Å². The molecule has 0 aliphatic heterocycles. The van der Waals surface area contributed by atoms with Crippen molar-refractivity contribution in [2.24, 2.45) is 0 Å². The van der Waals surface area contributed by atoms with Gasteiger partial charge < -0.3 is 14.8 Å². The highest BCUT2D eigenvalue weighted by atomic mass is 16.7. The van der Waals surface area contributed by atoms with Crippen LogP contribution in [0.15, 0.2) is 24.3 Å². The maximum Gasteiger partial charge on any atom is 0.513 e. The smallest absolute Gasteiger partial charge is 0.437 e. The van der Waals surface area contributed by atoms with Crippen molar-refractivity contribution >= 4 is 17.7 Å². The van der Waals surface area contributed by atoms with E-state index in [-0.39, 0.29) is 11.7 Å². The number of anilines is 1. The average molecular weight is 209 g/mol. The number of benzene rings is 1. The van der Waals surface area contributed by atoms with Crippen LogP contribution in [0.25, 0.3) is 0 Å². The molecule has 0 aliphatic rings. The van der Waals surface area contributed by atoms with Gasteiger partial charge in [0.25, 0.3) is 0 Å². The Hall–Kier alpha value is -2.04. The Bertz CT molecular complexity index is 375. The number of hydrogen-bond acceptors (Lipinski definition) is 4. The third-order valence-corrected chi connectivity index (χ3v) is 1.56. The van der Waals surface area contributed by atoms with Gasteiger partial charge in [-0.2, -0.15) is 0 Å². The summed E-state index contributed by atoms with van der Waals surface area (Å²) in [5, 5.41) is 2.53. The molecule has 1 aromatic rings. The number of hydrogen-bond donors (Lipinski definition) is 1. The molecule has 0 aliphatic carbocycles. The lowest BCUT2D eigenvalue weighted by atomic mass is 10.3. The van der Waals surface area contributed by atoms with Crippen molar-refractivity contribution in [3.05, 3.63) is 24.3 Å². The van der Waals surface area contributed by atoms with Crippen LogP contribution in [0, 0.1) is 0 Å². The number of para-hydroxylation sites is 2. The molecule has 1 aromatic carbocycles. The molecule has 0 saturated carbocycles. The van der Waals surface area contributed by atoms with Crippen molar-refractivity contribution in [3.8, 4) is 5.75 Å². The molecule has 15 heavy (non-hydrogen) atoms. The van der Waals surface area contributed by atoms with Crippen LogP contribution in [0.4, 0.5) is 10.5 Å². The van der Waals surface area contributed by atoms with Crippen LogP contribution in [0.5, 0.6) is 5.75 Å². The fourth-order valence-electron chi connectivity index (χ4n) is 0.980. The summed E-state index contributed by atoms with van der Waals surface area (Å²) in [5.74, 6) is 0.00969. The van der Waals surface area contributed by atoms with Gasteiger partial charge in [0.05, 0.1) is 12.8 Å². The van der Waals surface area contributed by atoms with E-state index in [1.54, 1.807) is 24.3 Å². The van der Waals surface area contributed by atoms with Crippen molar-refractivity contribution in [3.63, 3.8) is 0 Å². The predicted octanol–water partition coefficient (Wildman–Crippen LogP) is 1.79. The number of carbonyl (C=O) groups is 2. The minimum atomic E-state index is -0.826. The van der Waals surface area contributed by atoms with Gasteiger partial charge in [0.15, 0.2) is 5.75 Å². The summed E-state index contributed by atoms with van der Waals surface area (Å²) in [6, 6.07) is 6.58. The van der Waals surface area contributed by atoms with E-state index in [0.29, 0.717) is 5.69 Å². The molecule has 1 rings (SSSR count). The highest BCUT2D eigenvalue weighted by Crippen LogP contribution is 2.23. The van der Waals surface area contributed by atoms with E-state index in [9.17, 15) is 9.59 Å². The zero-order valence-electron chi connectivity index (χ0n) is 8.44. The fraction of sp³-hybridized carbons (Fsp3) is 0.200. The van der Waals surface area contributed by atoms with Crippen molar-refractivity contribution in [1.82, 2.24) is 0 Å². The van der Waals surface area contributed by atoms with E-state index in [2.05, 4.69) is 10.1 Å². The first-order valence-electron chi connectivity index (χ1n) is 4.26. The molecule has 0 spiro atoms. The summed E-state index contributed by atoms with van der Waals surface area (Å²) in [4.78, 5) is 21.7. The van der Waals surface area contributed by atoms with Gasteiger partial charge in [0.2, 0.25) is 5.91 Å². The van der Waals surface area contributed by atoms with Crippen LogP contribution in [-0.2, 0) is 9.53 Å². The molecule has 0 aromatic heterocycles. The highest BCUT2D eigenvalue weighted by Gasteiger charge is 2.08. The number of ether oxygens (including phenoxy) is 2. The monoisotopic (exact) mass is 209 g/mol. The molecular formula is C10H11NO4. The zero-order chi connectivity index (χ0) is 11.3. The number of rotatable bonds is 2. The van der Waals surface area contributed by atoms with Gasteiger partial charge in [-0.1, -0.05) is 12.1 Å². The van der Waals surface area contributed by atoms with E-state index >= 15 is 0 Å². The zero-order valence-corrected chi connectivity index (χ0v) is 8.44. The summed E-state index contributed by atoms with van der Waals surface area (Å²) >= 11 is 0. The van der Waals surface area contributed by atoms with E-state index in [0.717, 1.165) is 0 Å². The Morgan fingerprint density at radius 3 is 2.53 bits per heavy atom. The summed E-state index contributed by atoms with van der Waals surface area (Å²) in [5.41, 5.74) is 0.426. The number of amides is 1. The Morgan fingerprint density at radius 1 is 1.27 bits per heavy atom. The Kier molecular flexibility index (Phi) is 3.68. The van der Waals surface area contributed by atoms with Crippen LogP contribution in [0.1, 0.15) is 6.92 Å². The first-order valence-corrected chi connectivity index (χ1v) is 4.26. The fourth-order valence-corrected chi connectivity index (χ4v) is 0.980. The molecule has 0 radical (unpaired) electrons. The SMILES string of the molecule is COC(=O)Oc1ccccc1NC(C)=O. The first kappa shape index (κ1) is 11.0. The summed E-state index contributed by atoms with van der Waals surface area (Å²) in [6.45, 7) is 1.37. The summed E-state index contributed by atoms with van der Waals surface area (Å²) < 4.78 is 9.16. The Balaban J connectivity index is 2.85. The molecular weight excluding hydrogens is 198 g/mol. The van der Waals surface area contributed by atoms with Crippen molar-refractivity contribution in [2.75, 3.05) is 12.4 Å². The standard InChI is InChI=1S/C10H11NO4/c1-7(12)11-8-5-3-4-6-9(8)15-10(13)14-2/h3-6H,1-2H3,(H,11,12). The maximum absolute atomic E-state index is 10.9. The molecule has 0 bridgehead atoms. The second kappa shape index (κ2) is 4.99. The number of nitrogens with one attached hydrogen (secondary N) is 1. The topological polar surface area (TPSA) is 64.6 Å². The first-order chi connectivity index (χ1) is 7.13. The third-order valence-electron chi connectivity index (χ3n) is 1.56. The van der Waals surface area contributed by atoms with Gasteiger partial charge in [0.1, 0.15) is 0 Å². The summed E-state index contributed by atoms with van der Waals surface area (Å²) in [6.07, 6.45) is -0.826. The summed E-state index contributed by atoms with van der Waals surface area (Å²) in [7, 11) is 1.21. The largest absolute Gasteiger partial charge is 0.513 e. The van der Waals surface area contributed by atoms with Crippen molar-refractivity contribution < 1.29 is 19.1 Å². The van der Waals surface area contributed by atoms with Gasteiger partial charge >= 0.3 is 6.16 Å². The molecule has 80 valence electrons. The molecule has 5 nitrogen and oxygen atoms in total. The van der Waals surface area contributed by atoms with Gasteiger partial charge in [-0.3, -0.25) is 4.79 Å². The highest BCUT2D eigenvalue weighted by molar-refractivity contribution is 5.90. The van der Waals surface area contributed by atoms with E-state index in [4.69, 9.17) is 4.74 Å². The van der Waals surface area contributed by atoms with Crippen molar-refractivity contribution in [1.29, 1.82) is 0 Å². The molecule has 0 fully saturated rings. The van der Waals surface area contributed by atoms with Crippen LogP contribution >= 0.6 is 0 Å². The lowest BCUT2D eigenvalue weighted by molar-refractivity contribution is -0.114. The van der Waals surface area contributed by atoms with E-state index in [1.165, 1.54) is 14.0 Å². The third kappa shape index (κ3) is 3.30. The second-order valence-corrected chi connectivity index (χ2v) is 2.73. The van der Waals surface area contributed by atoms with Crippen LogP contribution in [-0.4, -0.2) is 19.2 Å². The van der Waals surface area contributed by atoms with E-state index in [1.807, 2.05) is 0 Å². The average Bonchev–Trinajstić information content (AvgIpc) is 2.20. The van der Waals surface area contributed by atoms with Crippen LogP contribution < -0.4 is 10.1 Å². The Labute approximate surface area is 87.0 Å². The van der Waals surface area contributed by atoms with Crippen molar-refractivity contribution in [2.45, 2.75) is 6.92 Å². The van der Waals surface area contributed by atoms with Crippen LogP contribution in [0.2, 0.25) is 0 Å². The lowest BCUT2D eigenvalue weighted by Gasteiger charge is -2.08.